The molecule has 1 atom stereocenters. The van der Waals surface area contributed by atoms with Crippen molar-refractivity contribution in [3.8, 4) is 5.75 Å². The number of aryl methyl sites for hydroxylation is 1. The lowest BCUT2D eigenvalue weighted by Crippen LogP contribution is -2.34. The molecule has 3 aromatic rings. The minimum atomic E-state index is -0.568. The lowest BCUT2D eigenvalue weighted by molar-refractivity contribution is -0.122. The van der Waals surface area contributed by atoms with Crippen molar-refractivity contribution in [2.24, 2.45) is 0 Å². The van der Waals surface area contributed by atoms with Crippen LogP contribution in [0.25, 0.3) is 11.0 Å². The zero-order chi connectivity index (χ0) is 18.4. The second-order valence-electron chi connectivity index (χ2n) is 6.11. The van der Waals surface area contributed by atoms with E-state index in [1.54, 1.807) is 32.0 Å². The molecule has 1 aromatic heterocycles. The molecule has 0 aliphatic carbocycles. The maximum atomic E-state index is 13.4. The molecule has 2 amide bonds. The first-order chi connectivity index (χ1) is 12.4. The molecule has 2 aromatic carbocycles. The van der Waals surface area contributed by atoms with E-state index in [4.69, 9.17) is 9.15 Å². The fourth-order valence-electron chi connectivity index (χ4n) is 2.88. The fourth-order valence-corrected chi connectivity index (χ4v) is 2.88. The summed E-state index contributed by atoms with van der Waals surface area (Å²) in [6.07, 6.45) is -0.568. The molecule has 132 valence electrons. The fraction of sp³-hybridized carbons (Fsp3) is 0.158. The number of ether oxygens (including phenoxy) is 1. The van der Waals surface area contributed by atoms with Gasteiger partial charge in [-0.25, -0.2) is 4.39 Å². The van der Waals surface area contributed by atoms with Crippen molar-refractivity contribution < 1.29 is 23.1 Å². The molecule has 1 aliphatic rings. The third kappa shape index (κ3) is 2.67. The average molecular weight is 354 g/mol. The third-order valence-corrected chi connectivity index (χ3v) is 4.27. The molecule has 0 saturated heterocycles. The van der Waals surface area contributed by atoms with Crippen molar-refractivity contribution >= 4 is 34.2 Å². The van der Waals surface area contributed by atoms with Crippen LogP contribution in [0.5, 0.6) is 5.75 Å². The first-order valence-corrected chi connectivity index (χ1v) is 8.04. The molecule has 1 aliphatic heterocycles. The highest BCUT2D eigenvalue weighted by molar-refractivity contribution is 6.07. The van der Waals surface area contributed by atoms with Crippen LogP contribution < -0.4 is 15.4 Å². The largest absolute Gasteiger partial charge is 0.479 e. The van der Waals surface area contributed by atoms with Crippen LogP contribution in [0, 0.1) is 12.7 Å². The number of carbonyl (C=O) groups excluding carboxylic acids is 2. The molecule has 6 nitrogen and oxygen atoms in total. The van der Waals surface area contributed by atoms with Crippen molar-refractivity contribution in [3.05, 3.63) is 53.5 Å². The Bertz CT molecular complexity index is 1060. The Morgan fingerprint density at radius 2 is 2.04 bits per heavy atom. The lowest BCUT2D eigenvalue weighted by atomic mass is 10.1. The molecule has 0 unspecified atom stereocenters. The van der Waals surface area contributed by atoms with E-state index in [0.29, 0.717) is 33.7 Å². The predicted octanol–water partition coefficient (Wildman–Crippen LogP) is 3.85. The van der Waals surface area contributed by atoms with E-state index in [2.05, 4.69) is 10.6 Å². The molecule has 0 spiro atoms. The van der Waals surface area contributed by atoms with Gasteiger partial charge in [-0.1, -0.05) is 0 Å². The summed E-state index contributed by atoms with van der Waals surface area (Å²) in [5.41, 5.74) is 1.95. The summed E-state index contributed by atoms with van der Waals surface area (Å²) < 4.78 is 24.4. The summed E-state index contributed by atoms with van der Waals surface area (Å²) in [6, 6.07) is 9.04. The Kier molecular flexibility index (Phi) is 3.64. The number of halogens is 1. The van der Waals surface area contributed by atoms with Gasteiger partial charge in [0.05, 0.1) is 5.69 Å². The summed E-state index contributed by atoms with van der Waals surface area (Å²) in [6.45, 7) is 3.35. The summed E-state index contributed by atoms with van der Waals surface area (Å²) in [4.78, 5) is 24.3. The average Bonchev–Trinajstić information content (AvgIpc) is 2.93. The molecular formula is C19H15FN2O4. The molecule has 26 heavy (non-hydrogen) atoms. The van der Waals surface area contributed by atoms with Crippen molar-refractivity contribution in [3.63, 3.8) is 0 Å². The van der Waals surface area contributed by atoms with Gasteiger partial charge < -0.3 is 19.8 Å². The maximum absolute atomic E-state index is 13.4. The number of rotatable bonds is 2. The van der Waals surface area contributed by atoms with Crippen molar-refractivity contribution in [2.75, 3.05) is 10.6 Å². The van der Waals surface area contributed by atoms with Crippen LogP contribution in [0.2, 0.25) is 0 Å². The molecular weight excluding hydrogens is 339 g/mol. The Balaban J connectivity index is 1.62. The number of amides is 2. The molecule has 7 heteroatoms. The quantitative estimate of drug-likeness (QED) is 0.732. The van der Waals surface area contributed by atoms with Gasteiger partial charge in [0, 0.05) is 16.6 Å². The van der Waals surface area contributed by atoms with Gasteiger partial charge in [0.15, 0.2) is 11.9 Å². The number of carbonyl (C=O) groups is 2. The topological polar surface area (TPSA) is 80.6 Å². The van der Waals surface area contributed by atoms with Gasteiger partial charge in [0.1, 0.15) is 17.1 Å². The van der Waals surface area contributed by atoms with Gasteiger partial charge in [-0.15, -0.1) is 0 Å². The van der Waals surface area contributed by atoms with Crippen molar-refractivity contribution in [2.45, 2.75) is 20.0 Å². The summed E-state index contributed by atoms with van der Waals surface area (Å²) in [5, 5.41) is 5.99. The summed E-state index contributed by atoms with van der Waals surface area (Å²) in [7, 11) is 0. The third-order valence-electron chi connectivity index (χ3n) is 4.27. The van der Waals surface area contributed by atoms with Gasteiger partial charge in [-0.3, -0.25) is 9.59 Å². The Morgan fingerprint density at radius 3 is 2.85 bits per heavy atom. The minimum Gasteiger partial charge on any atom is -0.479 e. The van der Waals surface area contributed by atoms with Crippen LogP contribution in [0.3, 0.4) is 0 Å². The SMILES string of the molecule is Cc1c(C(=O)Nc2ccc3c(c2)NC(=O)[C@@H](C)O3)oc2ccc(F)cc12. The maximum Gasteiger partial charge on any atom is 0.291 e. The molecule has 0 bridgehead atoms. The van der Waals surface area contributed by atoms with E-state index < -0.39 is 17.8 Å². The Morgan fingerprint density at radius 1 is 1.23 bits per heavy atom. The number of anilines is 2. The standard InChI is InChI=1S/C19H15FN2O4/c1-9-13-7-11(20)3-5-15(13)26-17(9)19(24)21-12-4-6-16-14(8-12)22-18(23)10(2)25-16/h3-8,10H,1-2H3,(H,21,24)(H,22,23)/t10-/m1/s1. The Labute approximate surface area is 147 Å². The van der Waals surface area contributed by atoms with E-state index in [-0.39, 0.29) is 11.7 Å². The van der Waals surface area contributed by atoms with E-state index in [9.17, 15) is 14.0 Å². The molecule has 0 fully saturated rings. The van der Waals surface area contributed by atoms with Gasteiger partial charge in [-0.05, 0) is 50.2 Å². The first kappa shape index (κ1) is 16.1. The highest BCUT2D eigenvalue weighted by Gasteiger charge is 2.24. The molecule has 4 rings (SSSR count). The molecule has 0 saturated carbocycles. The highest BCUT2D eigenvalue weighted by Crippen LogP contribution is 2.33. The zero-order valence-electron chi connectivity index (χ0n) is 14.1. The van der Waals surface area contributed by atoms with E-state index in [1.165, 1.54) is 18.2 Å². The number of fused-ring (bicyclic) bond motifs is 2. The van der Waals surface area contributed by atoms with E-state index in [0.717, 1.165) is 0 Å². The summed E-state index contributed by atoms with van der Waals surface area (Å²) in [5.74, 6) is -0.470. The molecule has 2 heterocycles. The molecule has 0 radical (unpaired) electrons. The van der Waals surface area contributed by atoms with Crippen LogP contribution in [0.15, 0.2) is 40.8 Å². The van der Waals surface area contributed by atoms with Crippen LogP contribution in [-0.2, 0) is 4.79 Å². The number of furan rings is 1. The van der Waals surface area contributed by atoms with Crippen molar-refractivity contribution in [1.82, 2.24) is 0 Å². The number of benzene rings is 2. The summed E-state index contributed by atoms with van der Waals surface area (Å²) >= 11 is 0. The second kappa shape index (κ2) is 5.87. The molecule has 2 N–H and O–H groups in total. The van der Waals surface area contributed by atoms with E-state index >= 15 is 0 Å². The smallest absolute Gasteiger partial charge is 0.291 e. The van der Waals surface area contributed by atoms with Crippen molar-refractivity contribution in [1.29, 1.82) is 0 Å². The normalized spacial score (nSPS) is 16.0. The van der Waals surface area contributed by atoms with E-state index in [1.807, 2.05) is 0 Å². The van der Waals surface area contributed by atoms with Crippen LogP contribution in [-0.4, -0.2) is 17.9 Å². The Hall–Kier alpha value is -3.35. The first-order valence-electron chi connectivity index (χ1n) is 8.04. The van der Waals surface area contributed by atoms with Crippen LogP contribution in [0.4, 0.5) is 15.8 Å². The second-order valence-corrected chi connectivity index (χ2v) is 6.11. The number of nitrogens with one attached hydrogen (secondary N) is 2. The van der Waals surface area contributed by atoms with Gasteiger partial charge in [-0.2, -0.15) is 0 Å². The predicted molar refractivity (Wildman–Crippen MR) is 94.0 cm³/mol. The monoisotopic (exact) mass is 354 g/mol. The number of hydrogen-bond donors (Lipinski definition) is 2. The van der Waals surface area contributed by atoms with Crippen LogP contribution in [0.1, 0.15) is 23.0 Å². The highest BCUT2D eigenvalue weighted by atomic mass is 19.1. The lowest BCUT2D eigenvalue weighted by Gasteiger charge is -2.23. The minimum absolute atomic E-state index is 0.109. The van der Waals surface area contributed by atoms with Gasteiger partial charge in [0.2, 0.25) is 0 Å². The van der Waals surface area contributed by atoms with Crippen LogP contribution >= 0.6 is 0 Å². The van der Waals surface area contributed by atoms with Gasteiger partial charge >= 0.3 is 0 Å². The zero-order valence-corrected chi connectivity index (χ0v) is 14.1. The van der Waals surface area contributed by atoms with Gasteiger partial charge in [0.25, 0.3) is 11.8 Å². The number of hydrogen-bond acceptors (Lipinski definition) is 4.